The molecule has 0 atom stereocenters. The standard InChI is InChI=1S/C4H8O4.Pt/c1-7-4(8-2)3(5)6;/h4H,1-2H3,(H,5,6);. The molecular formula is C4H8O4Pt. The third-order valence-electron chi connectivity index (χ3n) is 0.630. The molecule has 0 amide bonds. The van der Waals surface area contributed by atoms with Gasteiger partial charge in [0, 0.05) is 35.3 Å². The molecule has 0 unspecified atom stereocenters. The summed E-state index contributed by atoms with van der Waals surface area (Å²) in [5, 5.41) is 8.12. The summed E-state index contributed by atoms with van der Waals surface area (Å²) in [6.07, 6.45) is -1.13. The summed E-state index contributed by atoms with van der Waals surface area (Å²) in [6, 6.07) is 0. The van der Waals surface area contributed by atoms with E-state index in [1.54, 1.807) is 0 Å². The van der Waals surface area contributed by atoms with Crippen molar-refractivity contribution in [3.63, 3.8) is 0 Å². The van der Waals surface area contributed by atoms with Crippen LogP contribution in [0.1, 0.15) is 0 Å². The largest absolute Gasteiger partial charge is 0.477 e. The van der Waals surface area contributed by atoms with Crippen molar-refractivity contribution in [3.8, 4) is 0 Å². The summed E-state index contributed by atoms with van der Waals surface area (Å²) >= 11 is 0. The second-order valence-corrected chi connectivity index (χ2v) is 1.14. The first-order chi connectivity index (χ1) is 3.72. The molecule has 0 rings (SSSR count). The summed E-state index contributed by atoms with van der Waals surface area (Å²) < 4.78 is 8.68. The van der Waals surface area contributed by atoms with Crippen LogP contribution in [0.2, 0.25) is 0 Å². The quantitative estimate of drug-likeness (QED) is 0.726. The van der Waals surface area contributed by atoms with Gasteiger partial charge in [-0.1, -0.05) is 0 Å². The molecule has 0 saturated heterocycles. The van der Waals surface area contributed by atoms with Crippen molar-refractivity contribution in [1.29, 1.82) is 0 Å². The van der Waals surface area contributed by atoms with Gasteiger partial charge in [0.15, 0.2) is 0 Å². The molecule has 4 nitrogen and oxygen atoms in total. The molecule has 0 spiro atoms. The van der Waals surface area contributed by atoms with Crippen LogP contribution in [0.15, 0.2) is 0 Å². The van der Waals surface area contributed by atoms with Crippen LogP contribution >= 0.6 is 0 Å². The zero-order chi connectivity index (χ0) is 6.57. The van der Waals surface area contributed by atoms with Gasteiger partial charge in [0.2, 0.25) is 0 Å². The minimum absolute atomic E-state index is 0. The van der Waals surface area contributed by atoms with E-state index in [0.717, 1.165) is 0 Å². The average Bonchev–Trinajstić information content (AvgIpc) is 1.69. The topological polar surface area (TPSA) is 55.8 Å². The minimum Gasteiger partial charge on any atom is -0.477 e. The first kappa shape index (κ1) is 11.8. The molecule has 9 heavy (non-hydrogen) atoms. The van der Waals surface area contributed by atoms with Crippen molar-refractivity contribution in [2.24, 2.45) is 0 Å². The fraction of sp³-hybridized carbons (Fsp3) is 0.750. The summed E-state index contributed by atoms with van der Waals surface area (Å²) in [5.74, 6) is -1.12. The number of carboxylic acid groups (broad SMARTS) is 1. The zero-order valence-electron chi connectivity index (χ0n) is 5.07. The molecule has 0 bridgehead atoms. The van der Waals surface area contributed by atoms with Gasteiger partial charge >= 0.3 is 5.97 Å². The maximum Gasteiger partial charge on any atom is 0.361 e. The van der Waals surface area contributed by atoms with Crippen molar-refractivity contribution < 1.29 is 40.4 Å². The Hall–Kier alpha value is 0.0783. The Balaban J connectivity index is 0. The molecule has 0 fully saturated rings. The number of hydrogen-bond donors (Lipinski definition) is 1. The molecule has 0 aromatic heterocycles. The van der Waals surface area contributed by atoms with Crippen molar-refractivity contribution in [1.82, 2.24) is 0 Å². The predicted molar refractivity (Wildman–Crippen MR) is 25.4 cm³/mol. The van der Waals surface area contributed by atoms with Crippen LogP contribution in [-0.4, -0.2) is 31.6 Å². The van der Waals surface area contributed by atoms with Crippen LogP contribution in [0, 0.1) is 0 Å². The van der Waals surface area contributed by atoms with Gasteiger partial charge in [-0.3, -0.25) is 0 Å². The summed E-state index contributed by atoms with van der Waals surface area (Å²) in [7, 11) is 2.53. The molecular weight excluding hydrogens is 307 g/mol. The van der Waals surface area contributed by atoms with Gasteiger partial charge in [-0.25, -0.2) is 4.79 Å². The van der Waals surface area contributed by atoms with Gasteiger partial charge in [-0.15, -0.1) is 0 Å². The Morgan fingerprint density at radius 1 is 1.44 bits per heavy atom. The van der Waals surface area contributed by atoms with E-state index in [9.17, 15) is 4.79 Å². The number of carboxylic acids is 1. The van der Waals surface area contributed by atoms with E-state index >= 15 is 0 Å². The number of methoxy groups -OCH3 is 2. The molecule has 1 N–H and O–H groups in total. The smallest absolute Gasteiger partial charge is 0.361 e. The number of hydrogen-bond acceptors (Lipinski definition) is 3. The molecule has 0 aliphatic heterocycles. The van der Waals surface area contributed by atoms with Crippen LogP contribution in [0.25, 0.3) is 0 Å². The van der Waals surface area contributed by atoms with Gasteiger partial charge in [0.1, 0.15) is 0 Å². The first-order valence-corrected chi connectivity index (χ1v) is 2.00. The average molecular weight is 315 g/mol. The van der Waals surface area contributed by atoms with Crippen molar-refractivity contribution >= 4 is 5.97 Å². The Morgan fingerprint density at radius 3 is 1.78 bits per heavy atom. The summed E-state index contributed by atoms with van der Waals surface area (Å²) in [6.45, 7) is 0. The number of rotatable bonds is 3. The third kappa shape index (κ3) is 4.57. The van der Waals surface area contributed by atoms with E-state index < -0.39 is 12.3 Å². The SMILES string of the molecule is COC(OC)C(=O)O.[Pt]. The van der Waals surface area contributed by atoms with E-state index in [1.165, 1.54) is 14.2 Å². The Morgan fingerprint density at radius 2 is 1.78 bits per heavy atom. The van der Waals surface area contributed by atoms with Gasteiger partial charge in [-0.2, -0.15) is 0 Å². The Bertz CT molecular complexity index is 80.6. The van der Waals surface area contributed by atoms with Crippen molar-refractivity contribution in [2.45, 2.75) is 6.29 Å². The van der Waals surface area contributed by atoms with Crippen LogP contribution in [-0.2, 0) is 35.3 Å². The fourth-order valence-corrected chi connectivity index (χ4v) is 0.298. The van der Waals surface area contributed by atoms with Crippen molar-refractivity contribution in [2.75, 3.05) is 14.2 Å². The molecule has 0 heterocycles. The van der Waals surface area contributed by atoms with Gasteiger partial charge in [-0.05, 0) is 0 Å². The number of carbonyl (C=O) groups is 1. The van der Waals surface area contributed by atoms with E-state index in [-0.39, 0.29) is 21.1 Å². The molecule has 0 aromatic carbocycles. The maximum absolute atomic E-state index is 9.91. The second kappa shape index (κ2) is 6.20. The van der Waals surface area contributed by atoms with E-state index in [0.29, 0.717) is 0 Å². The van der Waals surface area contributed by atoms with Gasteiger partial charge in [0.05, 0.1) is 0 Å². The van der Waals surface area contributed by atoms with Crippen molar-refractivity contribution in [3.05, 3.63) is 0 Å². The van der Waals surface area contributed by atoms with E-state index in [4.69, 9.17) is 5.11 Å². The number of aliphatic carboxylic acids is 1. The monoisotopic (exact) mass is 315 g/mol. The van der Waals surface area contributed by atoms with Crippen LogP contribution in [0.4, 0.5) is 0 Å². The Labute approximate surface area is 67.4 Å². The molecule has 0 radical (unpaired) electrons. The second-order valence-electron chi connectivity index (χ2n) is 1.14. The van der Waals surface area contributed by atoms with E-state index in [2.05, 4.69) is 9.47 Å². The first-order valence-electron chi connectivity index (χ1n) is 2.00. The summed E-state index contributed by atoms with van der Waals surface area (Å²) in [4.78, 5) is 9.91. The van der Waals surface area contributed by atoms with Gasteiger partial charge < -0.3 is 14.6 Å². The summed E-state index contributed by atoms with van der Waals surface area (Å²) in [5.41, 5.74) is 0. The molecule has 5 heteroatoms. The van der Waals surface area contributed by atoms with Crippen LogP contribution < -0.4 is 0 Å². The van der Waals surface area contributed by atoms with Crippen LogP contribution in [0.3, 0.4) is 0 Å². The predicted octanol–water partition coefficient (Wildman–Crippen LogP) is -0.313. The normalized spacial score (nSPS) is 8.78. The maximum atomic E-state index is 9.91. The zero-order valence-corrected chi connectivity index (χ0v) is 7.34. The molecule has 0 aliphatic carbocycles. The molecule has 0 saturated carbocycles. The van der Waals surface area contributed by atoms with Crippen LogP contribution in [0.5, 0.6) is 0 Å². The number of ether oxygens (including phenoxy) is 2. The van der Waals surface area contributed by atoms with Gasteiger partial charge in [0.25, 0.3) is 6.29 Å². The molecule has 58 valence electrons. The fourth-order valence-electron chi connectivity index (χ4n) is 0.298. The molecule has 0 aliphatic rings. The third-order valence-corrected chi connectivity index (χ3v) is 0.630. The Kier molecular flexibility index (Phi) is 8.15. The van der Waals surface area contributed by atoms with E-state index in [1.807, 2.05) is 0 Å². The minimum atomic E-state index is -1.13. The molecule has 0 aromatic rings.